The number of aromatic nitrogens is 4. The average molecular weight is 588 g/mol. The summed E-state index contributed by atoms with van der Waals surface area (Å²) in [7, 11) is 3.58. The number of alkyl halides is 3. The van der Waals surface area contributed by atoms with Gasteiger partial charge in [-0.1, -0.05) is 11.6 Å². The summed E-state index contributed by atoms with van der Waals surface area (Å²) in [6.45, 7) is 2.27. The summed E-state index contributed by atoms with van der Waals surface area (Å²) in [5.74, 6) is 1.84. The number of rotatable bonds is 5. The lowest BCUT2D eigenvalue weighted by Crippen LogP contribution is -2.62. The lowest BCUT2D eigenvalue weighted by Gasteiger charge is -2.59. The summed E-state index contributed by atoms with van der Waals surface area (Å²) < 4.78 is 45.0. The molecule has 2 saturated carbocycles. The Morgan fingerprint density at radius 1 is 1.12 bits per heavy atom. The number of likely N-dealkylation sites (N-methyl/N-ethyl adjacent to an activating group) is 1. The highest BCUT2D eigenvalue weighted by molar-refractivity contribution is 6.30. The zero-order chi connectivity index (χ0) is 28.7. The molecule has 7 rings (SSSR count). The number of benzene rings is 1. The fourth-order valence-electron chi connectivity index (χ4n) is 6.96. The molecule has 0 bridgehead atoms. The molecule has 1 aromatic carbocycles. The maximum atomic E-state index is 13.2. The van der Waals surface area contributed by atoms with Crippen LogP contribution >= 0.6 is 11.6 Å². The van der Waals surface area contributed by atoms with Crippen LogP contribution < -0.4 is 9.64 Å². The first kappa shape index (κ1) is 26.5. The second kappa shape index (κ2) is 9.06. The third kappa shape index (κ3) is 4.42. The minimum Gasteiger partial charge on any atom is -0.402 e. The van der Waals surface area contributed by atoms with Crippen LogP contribution in [0.3, 0.4) is 0 Å². The van der Waals surface area contributed by atoms with Crippen molar-refractivity contribution in [3.8, 4) is 11.4 Å². The predicted octanol–water partition coefficient (Wildman–Crippen LogP) is 4.53. The number of pyridine rings is 1. The number of nitrogens with zero attached hydrogens (tertiary/aromatic N) is 7. The van der Waals surface area contributed by atoms with E-state index in [-0.39, 0.29) is 28.8 Å². The maximum Gasteiger partial charge on any atom is 0.573 e. The first-order valence-corrected chi connectivity index (χ1v) is 14.0. The van der Waals surface area contributed by atoms with E-state index in [2.05, 4.69) is 29.4 Å². The molecule has 1 saturated heterocycles. The Kier molecular flexibility index (Phi) is 5.86. The molecular formula is C28H29ClF3N7O2. The van der Waals surface area contributed by atoms with Crippen LogP contribution in [0.4, 0.5) is 19.0 Å². The van der Waals surface area contributed by atoms with E-state index >= 15 is 0 Å². The number of fused-ring (bicyclic) bond motifs is 3. The average Bonchev–Trinajstić information content (AvgIpc) is 3.60. The van der Waals surface area contributed by atoms with Gasteiger partial charge in [0, 0.05) is 56.3 Å². The lowest BCUT2D eigenvalue weighted by molar-refractivity contribution is -0.274. The molecule has 1 spiro atoms. The van der Waals surface area contributed by atoms with Crippen LogP contribution in [0, 0.1) is 5.41 Å². The summed E-state index contributed by atoms with van der Waals surface area (Å²) in [4.78, 5) is 23.0. The first-order valence-electron chi connectivity index (χ1n) is 13.6. The van der Waals surface area contributed by atoms with E-state index in [1.54, 1.807) is 19.0 Å². The third-order valence-corrected chi connectivity index (χ3v) is 9.15. The second-order valence-corrected chi connectivity index (χ2v) is 12.4. The van der Waals surface area contributed by atoms with Gasteiger partial charge in [0.1, 0.15) is 11.4 Å². The van der Waals surface area contributed by atoms with Gasteiger partial charge in [0.15, 0.2) is 17.4 Å². The third-order valence-electron chi connectivity index (χ3n) is 8.92. The van der Waals surface area contributed by atoms with Gasteiger partial charge in [-0.15, -0.1) is 23.4 Å². The van der Waals surface area contributed by atoms with Gasteiger partial charge in [-0.2, -0.15) is 0 Å². The van der Waals surface area contributed by atoms with E-state index in [0.29, 0.717) is 31.2 Å². The molecule has 3 fully saturated rings. The second-order valence-electron chi connectivity index (χ2n) is 12.0. The van der Waals surface area contributed by atoms with Gasteiger partial charge in [-0.05, 0) is 61.6 Å². The van der Waals surface area contributed by atoms with Crippen molar-refractivity contribution in [2.24, 2.45) is 5.41 Å². The Labute approximate surface area is 239 Å². The van der Waals surface area contributed by atoms with E-state index in [1.165, 1.54) is 18.3 Å². The minimum atomic E-state index is -4.78. The summed E-state index contributed by atoms with van der Waals surface area (Å²) in [6, 6.07) is 8.54. The van der Waals surface area contributed by atoms with Crippen molar-refractivity contribution in [2.75, 3.05) is 32.1 Å². The highest BCUT2D eigenvalue weighted by Gasteiger charge is 2.57. The number of ether oxygens (including phenoxy) is 1. The van der Waals surface area contributed by atoms with Gasteiger partial charge >= 0.3 is 6.36 Å². The number of hydrogen-bond donors (Lipinski definition) is 0. The molecule has 0 N–H and O–H groups in total. The Bertz CT molecular complexity index is 1520. The molecule has 0 unspecified atom stereocenters. The lowest BCUT2D eigenvalue weighted by atomic mass is 9.57. The van der Waals surface area contributed by atoms with Crippen LogP contribution in [0.5, 0.6) is 5.75 Å². The van der Waals surface area contributed by atoms with Crippen LogP contribution in [-0.2, 0) is 17.9 Å². The zero-order valence-electron chi connectivity index (χ0n) is 22.7. The van der Waals surface area contributed by atoms with Gasteiger partial charge < -0.3 is 14.5 Å². The molecule has 3 aromatic rings. The van der Waals surface area contributed by atoms with Crippen molar-refractivity contribution in [1.82, 2.24) is 29.5 Å². The van der Waals surface area contributed by atoms with Crippen molar-refractivity contribution in [1.29, 1.82) is 0 Å². The molecule has 2 aliphatic carbocycles. The molecule has 2 aromatic heterocycles. The van der Waals surface area contributed by atoms with Crippen molar-refractivity contribution >= 4 is 23.3 Å². The standard InChI is InChI=1S/C28H29ClF3N7O2/c1-36(2)25(40)27(7-8-27)38-13-17-10-19(29)5-6-20(17)39-22(14-38)34-35-23(39)18-11-26(12-18)15-37(16-26)24-21(4-3-9-33-24)41-28(30,31)32/h3-6,9-10,18H,7-8,11-16H2,1-2H3. The van der Waals surface area contributed by atoms with Crippen molar-refractivity contribution in [3.05, 3.63) is 58.8 Å². The van der Waals surface area contributed by atoms with Gasteiger partial charge in [-0.3, -0.25) is 14.3 Å². The number of halogens is 4. The zero-order valence-corrected chi connectivity index (χ0v) is 23.4. The summed E-state index contributed by atoms with van der Waals surface area (Å²) in [6.07, 6.45) is -0.00577. The molecular weight excluding hydrogens is 559 g/mol. The van der Waals surface area contributed by atoms with Gasteiger partial charge in [0.05, 0.1) is 12.2 Å². The van der Waals surface area contributed by atoms with Gasteiger partial charge in [0.25, 0.3) is 0 Å². The van der Waals surface area contributed by atoms with Crippen LogP contribution in [0.25, 0.3) is 5.69 Å². The van der Waals surface area contributed by atoms with E-state index in [1.807, 2.05) is 23.1 Å². The minimum absolute atomic E-state index is 0.0140. The van der Waals surface area contributed by atoms with E-state index < -0.39 is 11.9 Å². The van der Waals surface area contributed by atoms with Gasteiger partial charge in [0.2, 0.25) is 5.91 Å². The van der Waals surface area contributed by atoms with Crippen molar-refractivity contribution < 1.29 is 22.7 Å². The van der Waals surface area contributed by atoms with Crippen molar-refractivity contribution in [2.45, 2.75) is 56.6 Å². The Hall–Kier alpha value is -3.38. The SMILES string of the molecule is CN(C)C(=O)C1(N2Cc3cc(Cl)ccc3-n3c(nnc3C3CC4(C3)CN(c3ncccc3OC(F)(F)F)C4)C2)CC1. The van der Waals surface area contributed by atoms with E-state index in [4.69, 9.17) is 11.6 Å². The number of anilines is 1. The highest BCUT2D eigenvalue weighted by Crippen LogP contribution is 2.57. The van der Waals surface area contributed by atoms with Crippen LogP contribution in [-0.4, -0.2) is 74.5 Å². The molecule has 0 radical (unpaired) electrons. The first-order chi connectivity index (χ1) is 19.5. The molecule has 9 nitrogen and oxygen atoms in total. The van der Waals surface area contributed by atoms with Gasteiger partial charge in [-0.25, -0.2) is 4.98 Å². The quantitative estimate of drug-likeness (QED) is 0.434. The number of hydrogen-bond acceptors (Lipinski definition) is 7. The molecule has 1 amide bonds. The smallest absolute Gasteiger partial charge is 0.402 e. The van der Waals surface area contributed by atoms with Crippen LogP contribution in [0.1, 0.15) is 48.8 Å². The fraction of sp³-hybridized carbons (Fsp3) is 0.500. The Morgan fingerprint density at radius 2 is 1.88 bits per heavy atom. The molecule has 2 aliphatic heterocycles. The summed E-state index contributed by atoms with van der Waals surface area (Å²) >= 11 is 6.42. The van der Waals surface area contributed by atoms with E-state index in [0.717, 1.165) is 48.6 Å². The Balaban J connectivity index is 1.12. The number of carbonyl (C=O) groups is 1. The topological polar surface area (TPSA) is 79.6 Å². The molecule has 216 valence electrons. The molecule has 13 heteroatoms. The number of amides is 1. The summed E-state index contributed by atoms with van der Waals surface area (Å²) in [5.41, 5.74) is 1.44. The molecule has 4 aliphatic rings. The molecule has 4 heterocycles. The highest BCUT2D eigenvalue weighted by atomic mass is 35.5. The number of carbonyl (C=O) groups excluding carboxylic acids is 1. The van der Waals surface area contributed by atoms with E-state index in [9.17, 15) is 18.0 Å². The Morgan fingerprint density at radius 3 is 2.56 bits per heavy atom. The molecule has 41 heavy (non-hydrogen) atoms. The summed E-state index contributed by atoms with van der Waals surface area (Å²) in [5, 5.41) is 9.88. The van der Waals surface area contributed by atoms with Crippen LogP contribution in [0.2, 0.25) is 5.02 Å². The van der Waals surface area contributed by atoms with Crippen LogP contribution in [0.15, 0.2) is 36.5 Å². The monoisotopic (exact) mass is 587 g/mol. The predicted molar refractivity (Wildman–Crippen MR) is 144 cm³/mol. The van der Waals surface area contributed by atoms with Crippen molar-refractivity contribution in [3.63, 3.8) is 0 Å². The normalized spacial score (nSPS) is 20.9. The fourth-order valence-corrected chi connectivity index (χ4v) is 7.15. The maximum absolute atomic E-state index is 13.2. The molecule has 0 atom stereocenters. The largest absolute Gasteiger partial charge is 0.573 e.